The standard InChI is InChI=1S/C15H20N6/c1-11-12(2)18-15(19-13(11)3)21-8-6-20(7-9-21)14-10-16-4-5-17-14/h4-5,10H,6-9H2,1-3H3. The molecule has 0 aliphatic carbocycles. The topological polar surface area (TPSA) is 58.0 Å². The molecule has 0 bridgehead atoms. The van der Waals surface area contributed by atoms with E-state index < -0.39 is 0 Å². The Morgan fingerprint density at radius 1 is 0.857 bits per heavy atom. The van der Waals surface area contributed by atoms with E-state index in [9.17, 15) is 0 Å². The fraction of sp³-hybridized carbons (Fsp3) is 0.467. The van der Waals surface area contributed by atoms with Crippen molar-refractivity contribution in [3.63, 3.8) is 0 Å². The minimum atomic E-state index is 0.842. The van der Waals surface area contributed by atoms with Gasteiger partial charge >= 0.3 is 0 Å². The smallest absolute Gasteiger partial charge is 0.225 e. The molecule has 3 rings (SSSR count). The van der Waals surface area contributed by atoms with E-state index in [1.165, 1.54) is 5.56 Å². The predicted molar refractivity (Wildman–Crippen MR) is 82.7 cm³/mol. The first-order chi connectivity index (χ1) is 10.1. The van der Waals surface area contributed by atoms with E-state index in [-0.39, 0.29) is 0 Å². The molecule has 1 saturated heterocycles. The van der Waals surface area contributed by atoms with Gasteiger partial charge in [-0.2, -0.15) is 0 Å². The van der Waals surface area contributed by atoms with Gasteiger partial charge < -0.3 is 9.80 Å². The van der Waals surface area contributed by atoms with Crippen LogP contribution in [0.1, 0.15) is 17.0 Å². The van der Waals surface area contributed by atoms with Crippen LogP contribution in [0.15, 0.2) is 18.6 Å². The summed E-state index contributed by atoms with van der Waals surface area (Å²) in [5.41, 5.74) is 3.31. The van der Waals surface area contributed by atoms with Gasteiger partial charge in [-0.25, -0.2) is 15.0 Å². The van der Waals surface area contributed by atoms with Gasteiger partial charge in [0.2, 0.25) is 5.95 Å². The fourth-order valence-electron chi connectivity index (χ4n) is 2.49. The minimum absolute atomic E-state index is 0.842. The number of rotatable bonds is 2. The molecule has 1 aliphatic heterocycles. The van der Waals surface area contributed by atoms with Gasteiger partial charge in [0.05, 0.1) is 6.20 Å². The van der Waals surface area contributed by atoms with Crippen molar-refractivity contribution in [1.29, 1.82) is 0 Å². The summed E-state index contributed by atoms with van der Waals surface area (Å²) in [6.07, 6.45) is 5.25. The monoisotopic (exact) mass is 284 g/mol. The molecule has 0 atom stereocenters. The van der Waals surface area contributed by atoms with E-state index in [2.05, 4.69) is 36.7 Å². The highest BCUT2D eigenvalue weighted by atomic mass is 15.3. The highest BCUT2D eigenvalue weighted by Crippen LogP contribution is 2.18. The third-order valence-electron chi connectivity index (χ3n) is 4.06. The molecule has 0 saturated carbocycles. The molecule has 0 aromatic carbocycles. The third-order valence-corrected chi connectivity index (χ3v) is 4.06. The summed E-state index contributed by atoms with van der Waals surface area (Å²) in [5.74, 6) is 1.78. The van der Waals surface area contributed by atoms with E-state index in [0.29, 0.717) is 0 Å². The van der Waals surface area contributed by atoms with Crippen LogP contribution < -0.4 is 9.80 Å². The highest BCUT2D eigenvalue weighted by Gasteiger charge is 2.20. The van der Waals surface area contributed by atoms with Crippen LogP contribution in [0.5, 0.6) is 0 Å². The Hall–Kier alpha value is -2.24. The Balaban J connectivity index is 1.71. The third kappa shape index (κ3) is 2.79. The quantitative estimate of drug-likeness (QED) is 0.833. The SMILES string of the molecule is Cc1nc(N2CCN(c3cnccn3)CC2)nc(C)c1C. The van der Waals surface area contributed by atoms with Crippen LogP contribution in [-0.2, 0) is 0 Å². The zero-order chi connectivity index (χ0) is 14.8. The Kier molecular flexibility index (Phi) is 3.68. The van der Waals surface area contributed by atoms with E-state index >= 15 is 0 Å². The number of aromatic nitrogens is 4. The van der Waals surface area contributed by atoms with Crippen LogP contribution in [0, 0.1) is 20.8 Å². The largest absolute Gasteiger partial charge is 0.352 e. The summed E-state index contributed by atoms with van der Waals surface area (Å²) in [7, 11) is 0. The second-order valence-corrected chi connectivity index (χ2v) is 5.36. The highest BCUT2D eigenvalue weighted by molar-refractivity contribution is 5.41. The van der Waals surface area contributed by atoms with Crippen molar-refractivity contribution in [2.45, 2.75) is 20.8 Å². The van der Waals surface area contributed by atoms with Crippen LogP contribution in [-0.4, -0.2) is 46.1 Å². The van der Waals surface area contributed by atoms with Crippen molar-refractivity contribution in [2.24, 2.45) is 0 Å². The summed E-state index contributed by atoms with van der Waals surface area (Å²) in [4.78, 5) is 22.2. The normalized spacial score (nSPS) is 15.4. The number of hydrogen-bond acceptors (Lipinski definition) is 6. The van der Waals surface area contributed by atoms with Crippen molar-refractivity contribution in [3.8, 4) is 0 Å². The molecule has 2 aromatic heterocycles. The lowest BCUT2D eigenvalue weighted by atomic mass is 10.2. The van der Waals surface area contributed by atoms with Gasteiger partial charge in [0.1, 0.15) is 5.82 Å². The lowest BCUT2D eigenvalue weighted by Gasteiger charge is -2.35. The van der Waals surface area contributed by atoms with Crippen LogP contribution in [0.4, 0.5) is 11.8 Å². The molecular weight excluding hydrogens is 264 g/mol. The Morgan fingerprint density at radius 3 is 2.05 bits per heavy atom. The summed E-state index contributed by atoms with van der Waals surface area (Å²) in [6, 6.07) is 0. The number of aryl methyl sites for hydroxylation is 2. The first-order valence-corrected chi connectivity index (χ1v) is 7.23. The summed E-state index contributed by atoms with van der Waals surface area (Å²) >= 11 is 0. The van der Waals surface area contributed by atoms with Gasteiger partial charge in [-0.15, -0.1) is 0 Å². The molecule has 6 heteroatoms. The van der Waals surface area contributed by atoms with Gasteiger partial charge in [0.15, 0.2) is 0 Å². The molecule has 0 N–H and O–H groups in total. The van der Waals surface area contributed by atoms with Crippen molar-refractivity contribution in [2.75, 3.05) is 36.0 Å². The fourth-order valence-corrected chi connectivity index (χ4v) is 2.49. The molecule has 1 aliphatic rings. The van der Waals surface area contributed by atoms with Gasteiger partial charge in [0.25, 0.3) is 0 Å². The van der Waals surface area contributed by atoms with Crippen LogP contribution in [0.2, 0.25) is 0 Å². The van der Waals surface area contributed by atoms with Crippen LogP contribution >= 0.6 is 0 Å². The molecular formula is C15H20N6. The molecule has 0 radical (unpaired) electrons. The number of hydrogen-bond donors (Lipinski definition) is 0. The second-order valence-electron chi connectivity index (χ2n) is 5.36. The molecule has 1 fully saturated rings. The predicted octanol–water partition coefficient (Wildman–Crippen LogP) is 1.52. The lowest BCUT2D eigenvalue weighted by Crippen LogP contribution is -2.47. The van der Waals surface area contributed by atoms with E-state index in [0.717, 1.165) is 49.3 Å². The van der Waals surface area contributed by atoms with E-state index in [1.807, 2.05) is 20.0 Å². The lowest BCUT2D eigenvalue weighted by molar-refractivity contribution is 0.631. The zero-order valence-electron chi connectivity index (χ0n) is 12.7. The summed E-state index contributed by atoms with van der Waals surface area (Å²) in [6.45, 7) is 9.78. The average molecular weight is 284 g/mol. The Labute approximate surface area is 124 Å². The minimum Gasteiger partial charge on any atom is -0.352 e. The number of anilines is 2. The van der Waals surface area contributed by atoms with Crippen molar-refractivity contribution in [3.05, 3.63) is 35.5 Å². The second kappa shape index (κ2) is 5.63. The Bertz CT molecular complexity index is 596. The van der Waals surface area contributed by atoms with Crippen molar-refractivity contribution >= 4 is 11.8 Å². The van der Waals surface area contributed by atoms with E-state index in [4.69, 9.17) is 0 Å². The molecule has 3 heterocycles. The zero-order valence-corrected chi connectivity index (χ0v) is 12.7. The maximum Gasteiger partial charge on any atom is 0.225 e. The summed E-state index contributed by atoms with van der Waals surface area (Å²) < 4.78 is 0. The number of piperazine rings is 1. The molecule has 21 heavy (non-hydrogen) atoms. The van der Waals surface area contributed by atoms with Gasteiger partial charge in [0, 0.05) is 50.0 Å². The maximum atomic E-state index is 4.62. The van der Waals surface area contributed by atoms with Gasteiger partial charge in [-0.3, -0.25) is 4.98 Å². The van der Waals surface area contributed by atoms with Crippen LogP contribution in [0.3, 0.4) is 0 Å². The first-order valence-electron chi connectivity index (χ1n) is 7.23. The molecule has 2 aromatic rings. The van der Waals surface area contributed by atoms with Crippen molar-refractivity contribution in [1.82, 2.24) is 19.9 Å². The molecule has 0 spiro atoms. The average Bonchev–Trinajstić information content (AvgIpc) is 2.53. The molecule has 6 nitrogen and oxygen atoms in total. The molecule has 0 unspecified atom stereocenters. The number of nitrogens with zero attached hydrogens (tertiary/aromatic N) is 6. The van der Waals surface area contributed by atoms with Gasteiger partial charge in [-0.1, -0.05) is 0 Å². The Morgan fingerprint density at radius 2 is 1.48 bits per heavy atom. The molecule has 0 amide bonds. The first kappa shape index (κ1) is 13.7. The molecule has 110 valence electrons. The summed E-state index contributed by atoms with van der Waals surface area (Å²) in [5, 5.41) is 0. The van der Waals surface area contributed by atoms with E-state index in [1.54, 1.807) is 12.4 Å². The van der Waals surface area contributed by atoms with Gasteiger partial charge in [-0.05, 0) is 26.3 Å². The maximum absolute atomic E-state index is 4.62. The van der Waals surface area contributed by atoms with Crippen LogP contribution in [0.25, 0.3) is 0 Å². The van der Waals surface area contributed by atoms with Crippen molar-refractivity contribution < 1.29 is 0 Å².